The fourth-order valence-corrected chi connectivity index (χ4v) is 4.96. The summed E-state index contributed by atoms with van der Waals surface area (Å²) in [6.45, 7) is 4.88. The smallest absolute Gasteiger partial charge is 0.282 e. The summed E-state index contributed by atoms with van der Waals surface area (Å²) in [6.07, 6.45) is 3.59. The first-order valence-corrected chi connectivity index (χ1v) is 8.86. The number of nitrogens with zero attached hydrogens (tertiary/aromatic N) is 2. The van der Waals surface area contributed by atoms with Crippen molar-refractivity contribution < 1.29 is 17.9 Å². The highest BCUT2D eigenvalue weighted by Gasteiger charge is 2.39. The summed E-state index contributed by atoms with van der Waals surface area (Å²) in [4.78, 5) is 0. The van der Waals surface area contributed by atoms with Crippen molar-refractivity contribution in [3.05, 3.63) is 0 Å². The second kappa shape index (κ2) is 7.17. The average molecular weight is 306 g/mol. The molecular formula is C13H26N2O4S. The quantitative estimate of drug-likeness (QED) is 0.730. The highest BCUT2D eigenvalue weighted by Crippen LogP contribution is 2.26. The first kappa shape index (κ1) is 16.2. The van der Waals surface area contributed by atoms with Gasteiger partial charge in [0.25, 0.3) is 10.2 Å². The third-order valence-corrected chi connectivity index (χ3v) is 6.20. The van der Waals surface area contributed by atoms with Crippen molar-refractivity contribution in [2.45, 2.75) is 44.8 Å². The van der Waals surface area contributed by atoms with Crippen LogP contribution in [0.5, 0.6) is 0 Å². The Balaban J connectivity index is 1.97. The van der Waals surface area contributed by atoms with Crippen LogP contribution in [-0.2, 0) is 19.7 Å². The Hall–Kier alpha value is -0.210. The number of ether oxygens (including phenoxy) is 2. The lowest BCUT2D eigenvalue weighted by Crippen LogP contribution is -2.50. The van der Waals surface area contributed by atoms with E-state index in [1.165, 1.54) is 0 Å². The van der Waals surface area contributed by atoms with Crippen LogP contribution in [0.4, 0.5) is 0 Å². The van der Waals surface area contributed by atoms with Gasteiger partial charge in [0.1, 0.15) is 0 Å². The molecule has 0 unspecified atom stereocenters. The van der Waals surface area contributed by atoms with E-state index in [9.17, 15) is 8.42 Å². The van der Waals surface area contributed by atoms with E-state index in [1.807, 2.05) is 6.92 Å². The third kappa shape index (κ3) is 3.51. The van der Waals surface area contributed by atoms with E-state index < -0.39 is 10.2 Å². The SMILES string of the molecule is CCOC1CCN(S(=O)(=O)N2CCC[C@@H]2COC)CC1. The summed E-state index contributed by atoms with van der Waals surface area (Å²) in [5.74, 6) is 0. The minimum Gasteiger partial charge on any atom is -0.383 e. The van der Waals surface area contributed by atoms with Gasteiger partial charge in [-0.2, -0.15) is 17.0 Å². The van der Waals surface area contributed by atoms with Gasteiger partial charge in [0.2, 0.25) is 0 Å². The molecule has 0 saturated carbocycles. The van der Waals surface area contributed by atoms with Crippen LogP contribution in [0.1, 0.15) is 32.6 Å². The summed E-state index contributed by atoms with van der Waals surface area (Å²) in [5, 5.41) is 0. The zero-order valence-electron chi connectivity index (χ0n) is 12.5. The molecule has 0 spiro atoms. The Labute approximate surface area is 122 Å². The molecule has 0 aliphatic carbocycles. The lowest BCUT2D eigenvalue weighted by atomic mass is 10.1. The maximum Gasteiger partial charge on any atom is 0.282 e. The van der Waals surface area contributed by atoms with Crippen molar-refractivity contribution in [1.29, 1.82) is 0 Å². The summed E-state index contributed by atoms with van der Waals surface area (Å²) >= 11 is 0. The lowest BCUT2D eigenvalue weighted by molar-refractivity contribution is 0.0277. The summed E-state index contributed by atoms with van der Waals surface area (Å²) in [5.41, 5.74) is 0. The Morgan fingerprint density at radius 3 is 2.45 bits per heavy atom. The van der Waals surface area contributed by atoms with Crippen molar-refractivity contribution in [2.75, 3.05) is 40.0 Å². The van der Waals surface area contributed by atoms with E-state index in [2.05, 4.69) is 0 Å². The molecule has 0 aromatic carbocycles. The molecule has 0 radical (unpaired) electrons. The molecule has 20 heavy (non-hydrogen) atoms. The van der Waals surface area contributed by atoms with Crippen LogP contribution in [-0.4, -0.2) is 69.1 Å². The van der Waals surface area contributed by atoms with E-state index in [-0.39, 0.29) is 12.1 Å². The number of piperidine rings is 1. The van der Waals surface area contributed by atoms with Crippen molar-refractivity contribution in [2.24, 2.45) is 0 Å². The maximum atomic E-state index is 12.7. The van der Waals surface area contributed by atoms with Crippen molar-refractivity contribution in [3.63, 3.8) is 0 Å². The molecule has 0 aromatic heterocycles. The predicted molar refractivity (Wildman–Crippen MR) is 76.7 cm³/mol. The molecule has 1 atom stereocenters. The lowest BCUT2D eigenvalue weighted by Gasteiger charge is -2.35. The number of rotatable bonds is 6. The Kier molecular flexibility index (Phi) is 5.80. The first-order valence-electron chi connectivity index (χ1n) is 7.47. The molecule has 2 saturated heterocycles. The molecule has 118 valence electrons. The normalized spacial score (nSPS) is 27.2. The van der Waals surface area contributed by atoms with Crippen LogP contribution < -0.4 is 0 Å². The second-order valence-electron chi connectivity index (χ2n) is 5.42. The molecule has 0 aromatic rings. The van der Waals surface area contributed by atoms with Crippen LogP contribution >= 0.6 is 0 Å². The van der Waals surface area contributed by atoms with Gasteiger partial charge in [0.05, 0.1) is 12.7 Å². The van der Waals surface area contributed by atoms with Crippen LogP contribution in [0.25, 0.3) is 0 Å². The van der Waals surface area contributed by atoms with Gasteiger partial charge in [-0.05, 0) is 32.6 Å². The third-order valence-electron chi connectivity index (χ3n) is 4.11. The van der Waals surface area contributed by atoms with Gasteiger partial charge in [-0.1, -0.05) is 0 Å². The molecule has 2 aliphatic rings. The van der Waals surface area contributed by atoms with E-state index >= 15 is 0 Å². The Bertz CT molecular complexity index is 393. The summed E-state index contributed by atoms with van der Waals surface area (Å²) in [7, 11) is -1.72. The molecule has 0 amide bonds. The topological polar surface area (TPSA) is 59.1 Å². The minimum absolute atomic E-state index is 0.00499. The average Bonchev–Trinajstić information content (AvgIpc) is 2.89. The van der Waals surface area contributed by atoms with E-state index in [0.29, 0.717) is 32.8 Å². The second-order valence-corrected chi connectivity index (χ2v) is 7.30. The highest BCUT2D eigenvalue weighted by atomic mass is 32.2. The minimum atomic E-state index is -3.34. The first-order chi connectivity index (χ1) is 9.59. The molecule has 2 heterocycles. The summed E-state index contributed by atoms with van der Waals surface area (Å²) in [6, 6.07) is -0.00499. The van der Waals surface area contributed by atoms with E-state index in [0.717, 1.165) is 25.7 Å². The van der Waals surface area contributed by atoms with Gasteiger partial charge < -0.3 is 9.47 Å². The zero-order valence-corrected chi connectivity index (χ0v) is 13.3. The largest absolute Gasteiger partial charge is 0.383 e. The molecule has 0 bridgehead atoms. The molecular weight excluding hydrogens is 280 g/mol. The zero-order chi connectivity index (χ0) is 14.6. The molecule has 7 heteroatoms. The maximum absolute atomic E-state index is 12.7. The number of methoxy groups -OCH3 is 1. The molecule has 6 nitrogen and oxygen atoms in total. The van der Waals surface area contributed by atoms with Gasteiger partial charge in [0.15, 0.2) is 0 Å². The van der Waals surface area contributed by atoms with Gasteiger partial charge in [-0.25, -0.2) is 0 Å². The molecule has 2 aliphatic heterocycles. The number of hydrogen-bond donors (Lipinski definition) is 0. The summed E-state index contributed by atoms with van der Waals surface area (Å²) < 4.78 is 39.3. The predicted octanol–water partition coefficient (Wildman–Crippen LogP) is 0.843. The molecule has 2 fully saturated rings. The highest BCUT2D eigenvalue weighted by molar-refractivity contribution is 7.86. The fraction of sp³-hybridized carbons (Fsp3) is 1.00. The van der Waals surface area contributed by atoms with Crippen LogP contribution in [0, 0.1) is 0 Å². The van der Waals surface area contributed by atoms with Gasteiger partial charge >= 0.3 is 0 Å². The van der Waals surface area contributed by atoms with Gasteiger partial charge in [0, 0.05) is 39.4 Å². The van der Waals surface area contributed by atoms with Crippen LogP contribution in [0.15, 0.2) is 0 Å². The van der Waals surface area contributed by atoms with Gasteiger partial charge in [-0.3, -0.25) is 0 Å². The molecule has 2 rings (SSSR count). The van der Waals surface area contributed by atoms with E-state index in [1.54, 1.807) is 15.7 Å². The van der Waals surface area contributed by atoms with Crippen molar-refractivity contribution >= 4 is 10.2 Å². The van der Waals surface area contributed by atoms with Crippen molar-refractivity contribution in [1.82, 2.24) is 8.61 Å². The number of hydrogen-bond acceptors (Lipinski definition) is 4. The Morgan fingerprint density at radius 1 is 1.15 bits per heavy atom. The Morgan fingerprint density at radius 2 is 1.85 bits per heavy atom. The van der Waals surface area contributed by atoms with Crippen LogP contribution in [0.3, 0.4) is 0 Å². The monoisotopic (exact) mass is 306 g/mol. The van der Waals surface area contributed by atoms with Crippen LogP contribution in [0.2, 0.25) is 0 Å². The standard InChI is InChI=1S/C13H26N2O4S/c1-3-19-13-6-9-14(10-7-13)20(16,17)15-8-4-5-12(15)11-18-2/h12-13H,3-11H2,1-2H3/t12-/m1/s1. The van der Waals surface area contributed by atoms with Crippen molar-refractivity contribution in [3.8, 4) is 0 Å². The van der Waals surface area contributed by atoms with Gasteiger partial charge in [-0.15, -0.1) is 0 Å². The molecule has 0 N–H and O–H groups in total. The van der Waals surface area contributed by atoms with E-state index in [4.69, 9.17) is 9.47 Å². The fourth-order valence-electron chi connectivity index (χ4n) is 3.09.